The zero-order chi connectivity index (χ0) is 6.91. The molecule has 0 spiro atoms. The number of alkyl halides is 2. The third-order valence-corrected chi connectivity index (χ3v) is 1.28. The van der Waals surface area contributed by atoms with Crippen molar-refractivity contribution in [3.63, 3.8) is 0 Å². The summed E-state index contributed by atoms with van der Waals surface area (Å²) in [6, 6.07) is 0. The molecule has 1 aliphatic heterocycles. The van der Waals surface area contributed by atoms with Gasteiger partial charge in [0.25, 0.3) is 0 Å². The number of ketones is 1. The van der Waals surface area contributed by atoms with Crippen LogP contribution in [0.25, 0.3) is 0 Å². The van der Waals surface area contributed by atoms with Crippen LogP contribution in [-0.4, -0.2) is 24.8 Å². The number of nitrogens with one attached hydrogen (secondary N) is 1. The maximum absolute atomic E-state index is 12.2. The van der Waals surface area contributed by atoms with Crippen molar-refractivity contribution in [2.75, 3.05) is 13.1 Å². The van der Waals surface area contributed by atoms with E-state index in [0.717, 1.165) is 0 Å². The fourth-order valence-corrected chi connectivity index (χ4v) is 0.729. The van der Waals surface area contributed by atoms with Gasteiger partial charge in [0.1, 0.15) is 0 Å². The Morgan fingerprint density at radius 2 is 2.10 bits per heavy atom. The fraction of sp³-hybridized carbons (Fsp3) is 0.800. The number of halogens is 3. The highest BCUT2D eigenvalue weighted by Crippen LogP contribution is 2.17. The van der Waals surface area contributed by atoms with Gasteiger partial charge in [0.05, 0.1) is 6.54 Å². The van der Waals surface area contributed by atoms with Gasteiger partial charge in [-0.2, -0.15) is 8.78 Å². The number of hydrogen-bond acceptors (Lipinski definition) is 2. The van der Waals surface area contributed by atoms with Crippen molar-refractivity contribution in [3.8, 4) is 0 Å². The standard InChI is InChI=1S/C5H7F2NO.ClH/c6-5(7)3-8-2-1-4(5)9;/h8H,1-3H2;1H. The molecular formula is C5H8ClF2NO. The Bertz CT molecular complexity index is 140. The molecular weight excluding hydrogens is 164 g/mol. The van der Waals surface area contributed by atoms with Crippen LogP contribution in [0.5, 0.6) is 0 Å². The molecule has 0 bridgehead atoms. The minimum Gasteiger partial charge on any atom is -0.310 e. The molecule has 1 aliphatic rings. The maximum atomic E-state index is 12.2. The van der Waals surface area contributed by atoms with E-state index >= 15 is 0 Å². The fourth-order valence-electron chi connectivity index (χ4n) is 0.729. The molecule has 0 amide bonds. The summed E-state index contributed by atoms with van der Waals surface area (Å²) in [6.45, 7) is -0.111. The molecule has 0 radical (unpaired) electrons. The van der Waals surface area contributed by atoms with Gasteiger partial charge < -0.3 is 5.32 Å². The molecule has 5 heteroatoms. The van der Waals surface area contributed by atoms with Crippen LogP contribution in [0.1, 0.15) is 6.42 Å². The van der Waals surface area contributed by atoms with Crippen molar-refractivity contribution >= 4 is 18.2 Å². The SMILES string of the molecule is Cl.O=C1CCNCC1(F)F. The lowest BCUT2D eigenvalue weighted by Gasteiger charge is -2.20. The quantitative estimate of drug-likeness (QED) is 0.579. The number of hydrogen-bond donors (Lipinski definition) is 1. The molecule has 0 saturated carbocycles. The van der Waals surface area contributed by atoms with E-state index in [9.17, 15) is 13.6 Å². The van der Waals surface area contributed by atoms with Crippen molar-refractivity contribution in [2.45, 2.75) is 12.3 Å². The predicted octanol–water partition coefficient (Wildman–Crippen LogP) is 0.606. The van der Waals surface area contributed by atoms with Crippen LogP contribution in [0, 0.1) is 0 Å². The summed E-state index contributed by atoms with van der Waals surface area (Å²) in [6.07, 6.45) is -0.0486. The summed E-state index contributed by atoms with van der Waals surface area (Å²) >= 11 is 0. The molecule has 0 aromatic carbocycles. The van der Waals surface area contributed by atoms with Crippen molar-refractivity contribution in [1.29, 1.82) is 0 Å². The molecule has 1 rings (SSSR count). The molecule has 1 heterocycles. The van der Waals surface area contributed by atoms with Gasteiger partial charge in [-0.05, 0) is 0 Å². The lowest BCUT2D eigenvalue weighted by atomic mass is 10.1. The molecule has 60 valence electrons. The zero-order valence-electron chi connectivity index (χ0n) is 5.19. The first-order valence-electron chi connectivity index (χ1n) is 2.75. The summed E-state index contributed by atoms with van der Waals surface area (Å²) in [4.78, 5) is 10.3. The van der Waals surface area contributed by atoms with Gasteiger partial charge in [0.2, 0.25) is 5.78 Å². The second-order valence-electron chi connectivity index (χ2n) is 2.05. The second-order valence-corrected chi connectivity index (χ2v) is 2.05. The van der Waals surface area contributed by atoms with Gasteiger partial charge >= 0.3 is 5.92 Å². The Labute approximate surface area is 63.4 Å². The van der Waals surface area contributed by atoms with E-state index in [4.69, 9.17) is 0 Å². The van der Waals surface area contributed by atoms with E-state index in [1.807, 2.05) is 0 Å². The van der Waals surface area contributed by atoms with Gasteiger partial charge in [-0.15, -0.1) is 12.4 Å². The highest BCUT2D eigenvalue weighted by molar-refractivity contribution is 5.86. The van der Waals surface area contributed by atoms with E-state index in [0.29, 0.717) is 6.54 Å². The van der Waals surface area contributed by atoms with Gasteiger partial charge in [-0.1, -0.05) is 0 Å². The number of piperidine rings is 1. The van der Waals surface area contributed by atoms with Crippen molar-refractivity contribution in [3.05, 3.63) is 0 Å². The van der Waals surface area contributed by atoms with Gasteiger partial charge in [-0.3, -0.25) is 4.79 Å². The Balaban J connectivity index is 0.000000810. The van der Waals surface area contributed by atoms with Crippen LogP contribution in [0.15, 0.2) is 0 Å². The van der Waals surface area contributed by atoms with E-state index in [2.05, 4.69) is 5.32 Å². The molecule has 0 aliphatic carbocycles. The number of carbonyl (C=O) groups excluding carboxylic acids is 1. The molecule has 1 N–H and O–H groups in total. The van der Waals surface area contributed by atoms with Crippen LogP contribution in [0.3, 0.4) is 0 Å². The second kappa shape index (κ2) is 3.25. The lowest BCUT2D eigenvalue weighted by Crippen LogP contribution is -2.46. The summed E-state index contributed by atoms with van der Waals surface area (Å²) < 4.78 is 24.4. The van der Waals surface area contributed by atoms with Crippen LogP contribution in [0.4, 0.5) is 8.78 Å². The van der Waals surface area contributed by atoms with E-state index < -0.39 is 18.3 Å². The Kier molecular flexibility index (Phi) is 3.18. The van der Waals surface area contributed by atoms with Crippen LogP contribution < -0.4 is 5.32 Å². The maximum Gasteiger partial charge on any atom is 0.317 e. The van der Waals surface area contributed by atoms with E-state index in [-0.39, 0.29) is 18.8 Å². The first-order valence-corrected chi connectivity index (χ1v) is 2.75. The Morgan fingerprint density at radius 3 is 2.40 bits per heavy atom. The topological polar surface area (TPSA) is 29.1 Å². The van der Waals surface area contributed by atoms with Gasteiger partial charge in [0.15, 0.2) is 0 Å². The van der Waals surface area contributed by atoms with E-state index in [1.165, 1.54) is 0 Å². The van der Waals surface area contributed by atoms with Crippen molar-refractivity contribution in [2.24, 2.45) is 0 Å². The van der Waals surface area contributed by atoms with Crippen LogP contribution >= 0.6 is 12.4 Å². The Hall–Kier alpha value is -0.220. The number of rotatable bonds is 0. The highest BCUT2D eigenvalue weighted by Gasteiger charge is 2.39. The molecule has 0 unspecified atom stereocenters. The van der Waals surface area contributed by atoms with Crippen molar-refractivity contribution in [1.82, 2.24) is 5.32 Å². The third-order valence-electron chi connectivity index (χ3n) is 1.28. The van der Waals surface area contributed by atoms with Crippen LogP contribution in [0.2, 0.25) is 0 Å². The minimum atomic E-state index is -3.11. The summed E-state index contributed by atoms with van der Waals surface area (Å²) in [7, 11) is 0. The smallest absolute Gasteiger partial charge is 0.310 e. The number of Topliss-reactive ketones (excluding diaryl/α,β-unsaturated/α-hetero) is 1. The molecule has 10 heavy (non-hydrogen) atoms. The third kappa shape index (κ3) is 1.88. The Morgan fingerprint density at radius 1 is 1.50 bits per heavy atom. The van der Waals surface area contributed by atoms with Crippen LogP contribution in [-0.2, 0) is 4.79 Å². The van der Waals surface area contributed by atoms with Gasteiger partial charge in [-0.25, -0.2) is 0 Å². The monoisotopic (exact) mass is 171 g/mol. The summed E-state index contributed by atoms with van der Waals surface area (Å²) in [5.41, 5.74) is 0. The molecule has 1 fully saturated rings. The largest absolute Gasteiger partial charge is 0.317 e. The van der Waals surface area contributed by atoms with E-state index in [1.54, 1.807) is 0 Å². The zero-order valence-corrected chi connectivity index (χ0v) is 6.01. The number of carbonyl (C=O) groups is 1. The predicted molar refractivity (Wildman–Crippen MR) is 34.7 cm³/mol. The summed E-state index contributed by atoms with van der Waals surface area (Å²) in [5.74, 6) is -4.06. The molecule has 1 saturated heterocycles. The molecule has 0 atom stereocenters. The minimum absolute atomic E-state index is 0. The van der Waals surface area contributed by atoms with Gasteiger partial charge in [0, 0.05) is 13.0 Å². The van der Waals surface area contributed by atoms with Crippen molar-refractivity contribution < 1.29 is 13.6 Å². The summed E-state index contributed by atoms with van der Waals surface area (Å²) in [5, 5.41) is 2.43. The first kappa shape index (κ1) is 9.78. The average Bonchev–Trinajstić information content (AvgIpc) is 1.77. The molecule has 2 nitrogen and oxygen atoms in total. The lowest BCUT2D eigenvalue weighted by molar-refractivity contribution is -0.144. The molecule has 0 aromatic rings. The normalized spacial score (nSPS) is 23.6. The highest BCUT2D eigenvalue weighted by atomic mass is 35.5. The average molecular weight is 172 g/mol. The first-order chi connectivity index (χ1) is 4.13. The molecule has 0 aromatic heterocycles.